The Labute approximate surface area is 159 Å². The van der Waals surface area contributed by atoms with Gasteiger partial charge in [-0.1, -0.05) is 19.3 Å². The van der Waals surface area contributed by atoms with Gasteiger partial charge >= 0.3 is 0 Å². The molecule has 4 nitrogen and oxygen atoms in total. The molecular formula is C21H34N2O2S. The number of piperazine rings is 1. The van der Waals surface area contributed by atoms with Gasteiger partial charge in [-0.3, -0.25) is 4.90 Å². The van der Waals surface area contributed by atoms with Crippen LogP contribution in [0, 0.1) is 34.6 Å². The highest BCUT2D eigenvalue weighted by Crippen LogP contribution is 2.32. The van der Waals surface area contributed by atoms with Crippen molar-refractivity contribution < 1.29 is 8.42 Å². The zero-order valence-corrected chi connectivity index (χ0v) is 17.9. The zero-order valence-electron chi connectivity index (χ0n) is 17.1. The van der Waals surface area contributed by atoms with Crippen LogP contribution in [0.3, 0.4) is 0 Å². The third-order valence-corrected chi connectivity index (χ3v) is 9.07. The van der Waals surface area contributed by atoms with Gasteiger partial charge < -0.3 is 0 Å². The molecule has 2 aliphatic rings. The molecule has 0 atom stereocenters. The summed E-state index contributed by atoms with van der Waals surface area (Å²) in [5.41, 5.74) is 5.25. The maximum Gasteiger partial charge on any atom is 0.243 e. The molecule has 5 heteroatoms. The van der Waals surface area contributed by atoms with E-state index in [9.17, 15) is 8.42 Å². The van der Waals surface area contributed by atoms with Crippen molar-refractivity contribution in [3.8, 4) is 0 Å². The van der Waals surface area contributed by atoms with Gasteiger partial charge in [0, 0.05) is 32.2 Å². The van der Waals surface area contributed by atoms with Crippen LogP contribution in [0.25, 0.3) is 0 Å². The van der Waals surface area contributed by atoms with Crippen LogP contribution in [0.5, 0.6) is 0 Å². The smallest absolute Gasteiger partial charge is 0.243 e. The summed E-state index contributed by atoms with van der Waals surface area (Å²) in [5.74, 6) is 0. The fraction of sp³-hybridized carbons (Fsp3) is 0.714. The molecule has 1 saturated carbocycles. The number of hydrogen-bond acceptors (Lipinski definition) is 3. The Morgan fingerprint density at radius 2 is 1.15 bits per heavy atom. The van der Waals surface area contributed by atoms with Crippen molar-refractivity contribution in [1.29, 1.82) is 0 Å². The quantitative estimate of drug-likeness (QED) is 0.802. The number of nitrogens with zero attached hydrogens (tertiary/aromatic N) is 2. The van der Waals surface area contributed by atoms with E-state index in [4.69, 9.17) is 0 Å². The van der Waals surface area contributed by atoms with Crippen LogP contribution >= 0.6 is 0 Å². The Morgan fingerprint density at radius 1 is 0.692 bits per heavy atom. The first-order chi connectivity index (χ1) is 12.2. The maximum absolute atomic E-state index is 13.4. The van der Waals surface area contributed by atoms with E-state index in [-0.39, 0.29) is 0 Å². The molecule has 3 rings (SSSR count). The first kappa shape index (κ1) is 19.8. The summed E-state index contributed by atoms with van der Waals surface area (Å²) in [6.45, 7) is 13.0. The van der Waals surface area contributed by atoms with Crippen molar-refractivity contribution in [2.45, 2.75) is 77.7 Å². The lowest BCUT2D eigenvalue weighted by Gasteiger charge is -2.40. The van der Waals surface area contributed by atoms with Gasteiger partial charge in [0.2, 0.25) is 10.0 Å². The first-order valence-electron chi connectivity index (χ1n) is 10.1. The van der Waals surface area contributed by atoms with Crippen LogP contribution in [0.1, 0.15) is 59.9 Å². The van der Waals surface area contributed by atoms with Gasteiger partial charge in [-0.05, 0) is 75.3 Å². The minimum Gasteiger partial charge on any atom is -0.298 e. The van der Waals surface area contributed by atoms with Crippen molar-refractivity contribution in [2.24, 2.45) is 0 Å². The van der Waals surface area contributed by atoms with E-state index >= 15 is 0 Å². The summed E-state index contributed by atoms with van der Waals surface area (Å²) in [7, 11) is -3.43. The lowest BCUT2D eigenvalue weighted by molar-refractivity contribution is 0.111. The molecular weight excluding hydrogens is 344 g/mol. The van der Waals surface area contributed by atoms with Gasteiger partial charge in [0.1, 0.15) is 0 Å². The Morgan fingerprint density at radius 3 is 1.65 bits per heavy atom. The number of rotatable bonds is 3. The standard InChI is InChI=1S/C21H34N2O2S/c1-15-16(2)18(4)21(19(5)17(15)3)26(24,25)23-13-11-22(12-14-23)20-9-7-6-8-10-20/h20H,6-14H2,1-5H3. The lowest BCUT2D eigenvalue weighted by Crippen LogP contribution is -2.52. The summed E-state index contributed by atoms with van der Waals surface area (Å²) in [6.07, 6.45) is 6.56. The predicted molar refractivity (Wildman–Crippen MR) is 107 cm³/mol. The van der Waals surface area contributed by atoms with E-state index in [1.807, 2.05) is 27.7 Å². The highest BCUT2D eigenvalue weighted by Gasteiger charge is 2.34. The molecule has 0 aromatic heterocycles. The van der Waals surface area contributed by atoms with Gasteiger partial charge in [0.15, 0.2) is 0 Å². The molecule has 1 aliphatic heterocycles. The predicted octanol–water partition coefficient (Wildman–Crippen LogP) is 3.87. The van der Waals surface area contributed by atoms with E-state index in [2.05, 4.69) is 11.8 Å². The summed E-state index contributed by atoms with van der Waals surface area (Å²) >= 11 is 0. The summed E-state index contributed by atoms with van der Waals surface area (Å²) in [4.78, 5) is 3.07. The van der Waals surface area contributed by atoms with E-state index in [1.165, 1.54) is 37.7 Å². The van der Waals surface area contributed by atoms with Crippen LogP contribution in [0.15, 0.2) is 4.90 Å². The normalized spacial score (nSPS) is 21.3. The fourth-order valence-corrected chi connectivity index (χ4v) is 6.72. The molecule has 0 unspecified atom stereocenters. The molecule has 2 fully saturated rings. The molecule has 1 saturated heterocycles. The maximum atomic E-state index is 13.4. The average molecular weight is 379 g/mol. The lowest BCUT2D eigenvalue weighted by atomic mass is 9.94. The van der Waals surface area contributed by atoms with E-state index in [1.54, 1.807) is 4.31 Å². The van der Waals surface area contributed by atoms with Crippen molar-refractivity contribution in [3.63, 3.8) is 0 Å². The zero-order chi connectivity index (χ0) is 19.1. The molecule has 0 radical (unpaired) electrons. The average Bonchev–Trinajstić information content (AvgIpc) is 2.65. The molecule has 0 N–H and O–H groups in total. The van der Waals surface area contributed by atoms with Crippen LogP contribution in [-0.2, 0) is 10.0 Å². The van der Waals surface area contributed by atoms with Crippen LogP contribution in [0.2, 0.25) is 0 Å². The van der Waals surface area contributed by atoms with Crippen LogP contribution in [-0.4, -0.2) is 49.8 Å². The van der Waals surface area contributed by atoms with Crippen LogP contribution < -0.4 is 0 Å². The molecule has 1 aromatic carbocycles. The second-order valence-electron chi connectivity index (χ2n) is 8.19. The topological polar surface area (TPSA) is 40.6 Å². The Balaban J connectivity index is 1.82. The molecule has 0 bridgehead atoms. The number of hydrogen-bond donors (Lipinski definition) is 0. The largest absolute Gasteiger partial charge is 0.298 e. The molecule has 1 aromatic rings. The third-order valence-electron chi connectivity index (χ3n) is 6.89. The molecule has 1 heterocycles. The van der Waals surface area contributed by atoms with Crippen molar-refractivity contribution in [1.82, 2.24) is 9.21 Å². The van der Waals surface area contributed by atoms with Crippen LogP contribution in [0.4, 0.5) is 0 Å². The third kappa shape index (κ3) is 3.46. The van der Waals surface area contributed by atoms with Gasteiger partial charge in [0.25, 0.3) is 0 Å². The minimum absolute atomic E-state index is 0.546. The molecule has 146 valence electrons. The van der Waals surface area contributed by atoms with Gasteiger partial charge in [-0.15, -0.1) is 0 Å². The Hall–Kier alpha value is -0.910. The molecule has 0 amide bonds. The SMILES string of the molecule is Cc1c(C)c(C)c(S(=O)(=O)N2CCN(C3CCCCC3)CC2)c(C)c1C. The minimum atomic E-state index is -3.43. The summed E-state index contributed by atoms with van der Waals surface area (Å²) < 4.78 is 28.6. The number of benzene rings is 1. The van der Waals surface area contributed by atoms with Crippen molar-refractivity contribution in [3.05, 3.63) is 27.8 Å². The monoisotopic (exact) mass is 378 g/mol. The van der Waals surface area contributed by atoms with E-state index in [0.29, 0.717) is 24.0 Å². The molecule has 0 spiro atoms. The molecule has 26 heavy (non-hydrogen) atoms. The van der Waals surface area contributed by atoms with Gasteiger partial charge in [-0.2, -0.15) is 4.31 Å². The summed E-state index contributed by atoms with van der Waals surface area (Å²) in [6, 6.07) is 0.668. The molecule has 1 aliphatic carbocycles. The highest BCUT2D eigenvalue weighted by molar-refractivity contribution is 7.89. The van der Waals surface area contributed by atoms with Gasteiger partial charge in [-0.25, -0.2) is 8.42 Å². The van der Waals surface area contributed by atoms with E-state index in [0.717, 1.165) is 35.3 Å². The Bertz CT molecular complexity index is 743. The summed E-state index contributed by atoms with van der Waals surface area (Å²) in [5, 5.41) is 0. The highest BCUT2D eigenvalue weighted by atomic mass is 32.2. The second-order valence-corrected chi connectivity index (χ2v) is 10.1. The number of sulfonamides is 1. The Kier molecular flexibility index (Phi) is 5.80. The second kappa shape index (κ2) is 7.61. The van der Waals surface area contributed by atoms with Crippen molar-refractivity contribution in [2.75, 3.05) is 26.2 Å². The van der Waals surface area contributed by atoms with Gasteiger partial charge in [0.05, 0.1) is 4.90 Å². The van der Waals surface area contributed by atoms with E-state index < -0.39 is 10.0 Å². The fourth-order valence-electron chi connectivity index (χ4n) is 4.74. The first-order valence-corrected chi connectivity index (χ1v) is 11.5. The van der Waals surface area contributed by atoms with Crippen molar-refractivity contribution >= 4 is 10.0 Å².